The van der Waals surface area contributed by atoms with Crippen molar-refractivity contribution in [3.05, 3.63) is 11.6 Å². The standard InChI is InChI=1S/C26H42O3/c1-17(2)7-5-8-18(3)21-10-12-23-25(21,4)13-6-14-26(23)24(29-26)16-19-15-20(27)9-11-22(19)28/h16-18,20-21,23-24,27H,5-15H2,1-4H3/b19-16-/t18-,20+,21-,23-,24-,25-,26-/m1/s1. The number of ketones is 1. The van der Waals surface area contributed by atoms with Crippen molar-refractivity contribution in [1.29, 1.82) is 0 Å². The Labute approximate surface area is 177 Å². The van der Waals surface area contributed by atoms with E-state index < -0.39 is 0 Å². The maximum Gasteiger partial charge on any atom is 0.158 e. The van der Waals surface area contributed by atoms with E-state index in [2.05, 4.69) is 33.8 Å². The van der Waals surface area contributed by atoms with Gasteiger partial charge in [-0.15, -0.1) is 0 Å². The number of aliphatic hydroxyl groups is 1. The van der Waals surface area contributed by atoms with E-state index in [1.54, 1.807) is 0 Å². The van der Waals surface area contributed by atoms with Crippen LogP contribution in [0.1, 0.15) is 98.3 Å². The molecule has 0 aromatic carbocycles. The quantitative estimate of drug-likeness (QED) is 0.448. The first kappa shape index (κ1) is 21.6. The molecule has 4 rings (SSSR count). The van der Waals surface area contributed by atoms with Crippen LogP contribution in [0, 0.1) is 29.1 Å². The maximum absolute atomic E-state index is 12.3. The second-order valence-corrected chi connectivity index (χ2v) is 11.4. The number of hydrogen-bond acceptors (Lipinski definition) is 3. The average Bonchev–Trinajstić information content (AvgIpc) is 3.17. The molecule has 29 heavy (non-hydrogen) atoms. The molecule has 0 bridgehead atoms. The number of ether oxygens (including phenoxy) is 1. The number of fused-ring (bicyclic) bond motifs is 2. The van der Waals surface area contributed by atoms with Crippen molar-refractivity contribution in [2.45, 2.75) is 116 Å². The van der Waals surface area contributed by atoms with E-state index in [1.165, 1.54) is 44.9 Å². The van der Waals surface area contributed by atoms with Gasteiger partial charge in [0.05, 0.1) is 6.10 Å². The fourth-order valence-electron chi connectivity index (χ4n) is 7.46. The van der Waals surface area contributed by atoms with Crippen molar-refractivity contribution in [2.75, 3.05) is 0 Å². The van der Waals surface area contributed by atoms with Gasteiger partial charge in [-0.25, -0.2) is 0 Å². The van der Waals surface area contributed by atoms with Gasteiger partial charge in [0, 0.05) is 12.8 Å². The molecule has 3 saturated carbocycles. The molecular weight excluding hydrogens is 360 g/mol. The Kier molecular flexibility index (Phi) is 6.03. The summed E-state index contributed by atoms with van der Waals surface area (Å²) in [5.41, 5.74) is 1.20. The van der Waals surface area contributed by atoms with Crippen LogP contribution in [0.15, 0.2) is 11.6 Å². The summed E-state index contributed by atoms with van der Waals surface area (Å²) in [6.07, 6.45) is 13.9. The number of hydrogen-bond donors (Lipinski definition) is 1. The topological polar surface area (TPSA) is 49.8 Å². The number of epoxide rings is 1. The highest BCUT2D eigenvalue weighted by atomic mass is 16.6. The second-order valence-electron chi connectivity index (χ2n) is 11.4. The predicted octanol–water partition coefficient (Wildman–Crippen LogP) is 5.84. The second kappa shape index (κ2) is 8.11. The van der Waals surface area contributed by atoms with Gasteiger partial charge in [0.25, 0.3) is 0 Å². The van der Waals surface area contributed by atoms with Gasteiger partial charge in [0.15, 0.2) is 5.78 Å². The van der Waals surface area contributed by atoms with Gasteiger partial charge in [-0.1, -0.05) is 47.0 Å². The van der Waals surface area contributed by atoms with Gasteiger partial charge >= 0.3 is 0 Å². The van der Waals surface area contributed by atoms with Gasteiger partial charge < -0.3 is 9.84 Å². The Morgan fingerprint density at radius 1 is 1.17 bits per heavy atom. The van der Waals surface area contributed by atoms with Crippen molar-refractivity contribution >= 4 is 5.78 Å². The lowest BCUT2D eigenvalue weighted by molar-refractivity contribution is -0.117. The van der Waals surface area contributed by atoms with Gasteiger partial charge in [-0.05, 0) is 79.3 Å². The molecule has 4 fully saturated rings. The number of carbonyl (C=O) groups excluding carboxylic acids is 1. The minimum Gasteiger partial charge on any atom is -0.393 e. The molecule has 1 N–H and O–H groups in total. The van der Waals surface area contributed by atoms with Gasteiger partial charge in [0.2, 0.25) is 0 Å². The summed E-state index contributed by atoms with van der Waals surface area (Å²) in [6, 6.07) is 0. The van der Waals surface area contributed by atoms with Crippen LogP contribution < -0.4 is 0 Å². The summed E-state index contributed by atoms with van der Waals surface area (Å²) < 4.78 is 6.44. The van der Waals surface area contributed by atoms with Crippen molar-refractivity contribution in [3.8, 4) is 0 Å². The highest BCUT2D eigenvalue weighted by molar-refractivity contribution is 5.96. The Balaban J connectivity index is 1.45. The third kappa shape index (κ3) is 3.99. The Morgan fingerprint density at radius 3 is 2.72 bits per heavy atom. The molecule has 164 valence electrons. The van der Waals surface area contributed by atoms with Crippen LogP contribution in [0.25, 0.3) is 0 Å². The lowest BCUT2D eigenvalue weighted by Crippen LogP contribution is -2.44. The predicted molar refractivity (Wildman–Crippen MR) is 117 cm³/mol. The van der Waals surface area contributed by atoms with E-state index in [0.29, 0.717) is 30.6 Å². The highest BCUT2D eigenvalue weighted by Gasteiger charge is 2.68. The smallest absolute Gasteiger partial charge is 0.158 e. The van der Waals surface area contributed by atoms with E-state index in [1.807, 2.05) is 0 Å². The van der Waals surface area contributed by atoms with Crippen LogP contribution in [-0.4, -0.2) is 28.7 Å². The van der Waals surface area contributed by atoms with Crippen LogP contribution in [0.3, 0.4) is 0 Å². The SMILES string of the molecule is CC(C)CCC[C@@H](C)[C@H]1CC[C@@H]2[C@]1(C)CCC[C@@]21O[C@@H]1/C=C1/C[C@@H](O)CCC1=O. The third-order valence-corrected chi connectivity index (χ3v) is 9.05. The zero-order valence-electron chi connectivity index (χ0n) is 19.1. The summed E-state index contributed by atoms with van der Waals surface area (Å²) >= 11 is 0. The first-order chi connectivity index (χ1) is 13.8. The number of rotatable bonds is 6. The summed E-state index contributed by atoms with van der Waals surface area (Å²) in [6.45, 7) is 9.71. The van der Waals surface area contributed by atoms with Gasteiger partial charge in [-0.3, -0.25) is 4.79 Å². The molecular formula is C26H42O3. The van der Waals surface area contributed by atoms with E-state index in [0.717, 1.165) is 29.7 Å². The summed E-state index contributed by atoms with van der Waals surface area (Å²) in [5.74, 6) is 3.27. The maximum atomic E-state index is 12.3. The fraction of sp³-hybridized carbons (Fsp3) is 0.885. The molecule has 0 aromatic heterocycles. The van der Waals surface area contributed by atoms with Crippen molar-refractivity contribution in [1.82, 2.24) is 0 Å². The first-order valence-corrected chi connectivity index (χ1v) is 12.4. The van der Waals surface area contributed by atoms with Crippen LogP contribution in [0.2, 0.25) is 0 Å². The molecule has 4 aliphatic rings. The van der Waals surface area contributed by atoms with Crippen LogP contribution in [-0.2, 0) is 9.53 Å². The van der Waals surface area contributed by atoms with Crippen molar-refractivity contribution < 1.29 is 14.6 Å². The molecule has 1 heterocycles. The van der Waals surface area contributed by atoms with Crippen molar-refractivity contribution in [2.24, 2.45) is 29.1 Å². The molecule has 1 aliphatic heterocycles. The molecule has 7 atom stereocenters. The Bertz CT molecular complexity index is 652. The zero-order valence-corrected chi connectivity index (χ0v) is 19.1. The normalized spacial score (nSPS) is 44.5. The molecule has 1 spiro atoms. The third-order valence-electron chi connectivity index (χ3n) is 9.05. The van der Waals surface area contributed by atoms with Crippen LogP contribution >= 0.6 is 0 Å². The zero-order chi connectivity index (χ0) is 20.8. The minimum atomic E-state index is -0.354. The molecule has 0 unspecified atom stereocenters. The average molecular weight is 403 g/mol. The molecule has 3 nitrogen and oxygen atoms in total. The Hall–Kier alpha value is -0.670. The lowest BCUT2D eigenvalue weighted by atomic mass is 9.58. The van der Waals surface area contributed by atoms with E-state index in [-0.39, 0.29) is 23.6 Å². The highest BCUT2D eigenvalue weighted by Crippen LogP contribution is 2.67. The molecule has 0 amide bonds. The number of Topliss-reactive ketones (excluding diaryl/α,β-unsaturated/α-hetero) is 1. The molecule has 0 radical (unpaired) electrons. The fourth-order valence-corrected chi connectivity index (χ4v) is 7.46. The minimum absolute atomic E-state index is 0.0188. The number of aliphatic hydroxyl groups excluding tert-OH is 1. The van der Waals surface area contributed by atoms with Crippen LogP contribution in [0.5, 0.6) is 0 Å². The van der Waals surface area contributed by atoms with Crippen LogP contribution in [0.4, 0.5) is 0 Å². The van der Waals surface area contributed by atoms with E-state index >= 15 is 0 Å². The molecule has 0 aromatic rings. The molecule has 3 aliphatic carbocycles. The molecule has 1 saturated heterocycles. The van der Waals surface area contributed by atoms with Gasteiger partial charge in [-0.2, -0.15) is 0 Å². The molecule has 3 heteroatoms. The van der Waals surface area contributed by atoms with Crippen molar-refractivity contribution in [3.63, 3.8) is 0 Å². The van der Waals surface area contributed by atoms with Gasteiger partial charge in [0.1, 0.15) is 11.7 Å². The Morgan fingerprint density at radius 2 is 1.97 bits per heavy atom. The lowest BCUT2D eigenvalue weighted by Gasteiger charge is -2.46. The first-order valence-electron chi connectivity index (χ1n) is 12.4. The summed E-state index contributed by atoms with van der Waals surface area (Å²) in [7, 11) is 0. The largest absolute Gasteiger partial charge is 0.393 e. The van der Waals surface area contributed by atoms with E-state index in [9.17, 15) is 9.90 Å². The summed E-state index contributed by atoms with van der Waals surface area (Å²) in [4.78, 5) is 12.3. The summed E-state index contributed by atoms with van der Waals surface area (Å²) in [5, 5.41) is 9.99. The van der Waals surface area contributed by atoms with E-state index in [4.69, 9.17) is 4.74 Å². The monoisotopic (exact) mass is 402 g/mol. The number of carbonyl (C=O) groups is 1.